The minimum atomic E-state index is -3.10. The first-order valence-corrected chi connectivity index (χ1v) is 9.90. The molecule has 2 aromatic heterocycles. The lowest BCUT2D eigenvalue weighted by atomic mass is 10.1. The number of hydrogen-bond donors (Lipinski definition) is 3. The number of aliphatic hydroxyl groups excluding tert-OH is 1. The molecule has 0 radical (unpaired) electrons. The lowest BCUT2D eigenvalue weighted by Crippen LogP contribution is -2.32. The summed E-state index contributed by atoms with van der Waals surface area (Å²) in [5, 5.41) is 12.0. The van der Waals surface area contributed by atoms with Crippen LogP contribution in [0.2, 0.25) is 0 Å². The van der Waals surface area contributed by atoms with Gasteiger partial charge in [-0.2, -0.15) is 0 Å². The monoisotopic (exact) mass is 436 g/mol. The number of anilines is 1. The van der Waals surface area contributed by atoms with Crippen molar-refractivity contribution in [2.75, 3.05) is 11.9 Å². The summed E-state index contributed by atoms with van der Waals surface area (Å²) < 4.78 is 37.3. The summed E-state index contributed by atoms with van der Waals surface area (Å²) in [5.41, 5.74) is 0.762. The number of aliphatic hydroxyl groups is 1. The average molecular weight is 436 g/mol. The second-order valence-corrected chi connectivity index (χ2v) is 7.05. The summed E-state index contributed by atoms with van der Waals surface area (Å²) in [6, 6.07) is 8.48. The predicted molar refractivity (Wildman–Crippen MR) is 100 cm³/mol. The van der Waals surface area contributed by atoms with E-state index in [2.05, 4.69) is 24.8 Å². The Morgan fingerprint density at radius 2 is 2.07 bits per heavy atom. The molecule has 30 heavy (non-hydrogen) atoms. The van der Waals surface area contributed by atoms with Crippen molar-refractivity contribution >= 4 is 31.1 Å². The van der Waals surface area contributed by atoms with Crippen LogP contribution in [0.1, 0.15) is 16.6 Å². The van der Waals surface area contributed by atoms with Crippen LogP contribution in [-0.2, 0) is 13.8 Å². The van der Waals surface area contributed by atoms with Crippen LogP contribution in [0.25, 0.3) is 11.2 Å². The van der Waals surface area contributed by atoms with E-state index in [1.807, 2.05) is 0 Å². The minimum absolute atomic E-state index is 0.117. The molecule has 3 aromatic rings. The summed E-state index contributed by atoms with van der Waals surface area (Å²) >= 11 is 0. The summed E-state index contributed by atoms with van der Waals surface area (Å²) in [6.07, 6.45) is -3.41. The fraction of sp³-hybridized carbons (Fsp3) is 0.294. The van der Waals surface area contributed by atoms with Crippen LogP contribution < -0.4 is 5.32 Å². The first-order chi connectivity index (χ1) is 14.5. The molecule has 1 amide bonds. The van der Waals surface area contributed by atoms with Crippen molar-refractivity contribution < 1.29 is 33.0 Å². The van der Waals surface area contributed by atoms with Gasteiger partial charge in [-0.05, 0) is 12.1 Å². The van der Waals surface area contributed by atoms with Crippen molar-refractivity contribution in [1.82, 2.24) is 19.5 Å². The maximum Gasteiger partial charge on any atom is 0.695 e. The Labute approximate surface area is 169 Å². The lowest BCUT2D eigenvalue weighted by molar-refractivity contribution is -0.0436. The maximum absolute atomic E-state index is 14.9. The van der Waals surface area contributed by atoms with Gasteiger partial charge in [0.2, 0.25) is 0 Å². The lowest BCUT2D eigenvalue weighted by Gasteiger charge is -2.15. The number of imidazole rings is 1. The van der Waals surface area contributed by atoms with E-state index in [-0.39, 0.29) is 17.0 Å². The molecule has 1 fully saturated rings. The third-order valence-electron chi connectivity index (χ3n) is 4.56. The summed E-state index contributed by atoms with van der Waals surface area (Å²) in [4.78, 5) is 33.6. The molecule has 5 unspecified atom stereocenters. The molecule has 0 bridgehead atoms. The predicted octanol–water partition coefficient (Wildman–Crippen LogP) is 1.34. The molecule has 1 aliphatic rings. The molecule has 156 valence electrons. The van der Waals surface area contributed by atoms with Crippen LogP contribution in [0.5, 0.6) is 0 Å². The summed E-state index contributed by atoms with van der Waals surface area (Å²) in [7, 11) is -3.10. The Hall–Kier alpha value is -2.89. The van der Waals surface area contributed by atoms with Crippen LogP contribution in [0.3, 0.4) is 0 Å². The highest BCUT2D eigenvalue weighted by molar-refractivity contribution is 7.32. The highest BCUT2D eigenvalue weighted by Crippen LogP contribution is 2.38. The number of rotatable bonds is 6. The van der Waals surface area contributed by atoms with Gasteiger partial charge in [0.25, 0.3) is 5.91 Å². The van der Waals surface area contributed by atoms with Crippen LogP contribution in [0.4, 0.5) is 10.2 Å². The van der Waals surface area contributed by atoms with E-state index in [1.165, 1.54) is 17.2 Å². The number of ether oxygens (including phenoxy) is 1. The van der Waals surface area contributed by atoms with Crippen molar-refractivity contribution in [2.24, 2.45) is 0 Å². The van der Waals surface area contributed by atoms with E-state index in [0.717, 1.165) is 0 Å². The number of hydrogen-bond acceptors (Lipinski definition) is 8. The fourth-order valence-electron chi connectivity index (χ4n) is 3.19. The maximum atomic E-state index is 14.9. The fourth-order valence-corrected chi connectivity index (χ4v) is 3.65. The third kappa shape index (κ3) is 3.78. The number of aromatic nitrogens is 4. The summed E-state index contributed by atoms with van der Waals surface area (Å²) in [6.45, 7) is -0.620. The van der Waals surface area contributed by atoms with Gasteiger partial charge >= 0.3 is 8.25 Å². The summed E-state index contributed by atoms with van der Waals surface area (Å²) in [5.74, 6) is -0.294. The van der Waals surface area contributed by atoms with Gasteiger partial charge in [-0.25, -0.2) is 19.3 Å². The molecular formula is C17H16FN5O6P+. The highest BCUT2D eigenvalue weighted by atomic mass is 31.1. The molecule has 3 heterocycles. The number of alkyl halides is 1. The molecule has 0 aliphatic carbocycles. The molecule has 4 rings (SSSR count). The molecule has 0 spiro atoms. The van der Waals surface area contributed by atoms with E-state index in [4.69, 9.17) is 9.63 Å². The SMILES string of the molecule is O=C(Nc1ncnc2c1ncn2C1OC(CO)C(O[P+](=O)O)C1F)c1ccccc1. The van der Waals surface area contributed by atoms with Crippen LogP contribution in [-0.4, -0.2) is 60.4 Å². The molecule has 0 saturated carbocycles. The van der Waals surface area contributed by atoms with Crippen LogP contribution in [0, 0.1) is 0 Å². The third-order valence-corrected chi connectivity index (χ3v) is 4.98. The number of nitrogens with one attached hydrogen (secondary N) is 1. The van der Waals surface area contributed by atoms with Gasteiger partial charge in [0.05, 0.1) is 12.9 Å². The Kier molecular flexibility index (Phi) is 5.75. The largest absolute Gasteiger partial charge is 0.695 e. The van der Waals surface area contributed by atoms with Crippen molar-refractivity contribution in [3.63, 3.8) is 0 Å². The van der Waals surface area contributed by atoms with Crippen molar-refractivity contribution in [3.8, 4) is 0 Å². The van der Waals surface area contributed by atoms with Gasteiger partial charge < -0.3 is 15.2 Å². The molecular weight excluding hydrogens is 420 g/mol. The Morgan fingerprint density at radius 1 is 1.30 bits per heavy atom. The normalized spacial score (nSPS) is 24.2. The van der Waals surface area contributed by atoms with E-state index in [1.54, 1.807) is 30.3 Å². The number of carbonyl (C=O) groups is 1. The van der Waals surface area contributed by atoms with E-state index >= 15 is 0 Å². The molecule has 1 aromatic carbocycles. The van der Waals surface area contributed by atoms with Crippen LogP contribution >= 0.6 is 8.25 Å². The molecule has 1 aliphatic heterocycles. The van der Waals surface area contributed by atoms with E-state index in [9.17, 15) is 18.9 Å². The number of nitrogens with zero attached hydrogens (tertiary/aromatic N) is 4. The van der Waals surface area contributed by atoms with Gasteiger partial charge in [0.1, 0.15) is 12.4 Å². The van der Waals surface area contributed by atoms with Gasteiger partial charge in [-0.15, -0.1) is 9.42 Å². The molecule has 5 atom stereocenters. The Bertz CT molecular complexity index is 1080. The average Bonchev–Trinajstić information content (AvgIpc) is 3.30. The topological polar surface area (TPSA) is 149 Å². The second kappa shape index (κ2) is 8.46. The smallest absolute Gasteiger partial charge is 0.394 e. The van der Waals surface area contributed by atoms with Crippen molar-refractivity contribution in [1.29, 1.82) is 0 Å². The standard InChI is InChI=1S/C17H15FN5O6P/c18-11-13(29-30(26)27)10(6-24)28-17(11)23-8-21-12-14(19-7-20-15(12)23)22-16(25)9-4-2-1-3-5-9/h1-5,7-8,10-11,13,17,24H,6H2,(H-,19,20,22,25,26,27)/p+1. The zero-order valence-electron chi connectivity index (χ0n) is 15.2. The second-order valence-electron chi connectivity index (χ2n) is 6.37. The first-order valence-electron chi connectivity index (χ1n) is 8.77. The van der Waals surface area contributed by atoms with Gasteiger partial charge in [-0.3, -0.25) is 9.36 Å². The molecule has 11 nitrogen and oxygen atoms in total. The number of carbonyl (C=O) groups excluding carboxylic acids is 1. The molecule has 1 saturated heterocycles. The van der Waals surface area contributed by atoms with Gasteiger partial charge in [0, 0.05) is 10.1 Å². The van der Waals surface area contributed by atoms with Crippen LogP contribution in [0.15, 0.2) is 43.0 Å². The Morgan fingerprint density at radius 3 is 2.77 bits per heavy atom. The minimum Gasteiger partial charge on any atom is -0.394 e. The van der Waals surface area contributed by atoms with Crippen molar-refractivity contribution in [2.45, 2.75) is 24.6 Å². The van der Waals surface area contributed by atoms with E-state index in [0.29, 0.717) is 5.56 Å². The highest BCUT2D eigenvalue weighted by Gasteiger charge is 2.51. The zero-order valence-corrected chi connectivity index (χ0v) is 16.1. The number of amides is 1. The Balaban J connectivity index is 1.63. The quantitative estimate of drug-likeness (QED) is 0.487. The van der Waals surface area contributed by atoms with Crippen molar-refractivity contribution in [3.05, 3.63) is 48.5 Å². The van der Waals surface area contributed by atoms with E-state index < -0.39 is 45.4 Å². The number of fused-ring (bicyclic) bond motifs is 1. The number of halogens is 1. The van der Waals surface area contributed by atoms with Gasteiger partial charge in [0.15, 0.2) is 35.5 Å². The molecule has 13 heteroatoms. The van der Waals surface area contributed by atoms with Gasteiger partial charge in [-0.1, -0.05) is 18.2 Å². The zero-order chi connectivity index (χ0) is 21.3. The number of benzene rings is 1. The first kappa shape index (κ1) is 20.4. The molecule has 3 N–H and O–H groups in total.